The van der Waals surface area contributed by atoms with Crippen LogP contribution >= 0.6 is 22.9 Å². The number of methoxy groups -OCH3 is 1. The first kappa shape index (κ1) is 22.4. The van der Waals surface area contributed by atoms with Crippen molar-refractivity contribution in [2.45, 2.75) is 12.8 Å². The van der Waals surface area contributed by atoms with Gasteiger partial charge in [-0.3, -0.25) is 4.79 Å². The Morgan fingerprint density at radius 3 is 2.88 bits per heavy atom. The number of hydrogen-bond acceptors (Lipinski definition) is 8. The van der Waals surface area contributed by atoms with Crippen LogP contribution in [0.3, 0.4) is 0 Å². The van der Waals surface area contributed by atoms with Gasteiger partial charge in [-0.05, 0) is 37.1 Å². The number of pyridine rings is 2. The molecule has 1 aliphatic rings. The quantitative estimate of drug-likeness (QED) is 0.479. The number of aromatic nitrogens is 3. The number of nitrogens with one attached hydrogen (secondary N) is 2. The molecule has 3 aromatic heterocycles. The van der Waals surface area contributed by atoms with Crippen LogP contribution in [0.15, 0.2) is 42.7 Å². The Morgan fingerprint density at radius 2 is 2.09 bits per heavy atom. The molecule has 1 aliphatic heterocycles. The summed E-state index contributed by atoms with van der Waals surface area (Å²) in [5.74, 6) is 1.49. The molecular weight excluding hydrogens is 448 g/mol. The summed E-state index contributed by atoms with van der Waals surface area (Å²) >= 11 is 7.64. The lowest BCUT2D eigenvalue weighted by molar-refractivity contribution is -0.125. The molecule has 0 unspecified atom stereocenters. The van der Waals surface area contributed by atoms with E-state index in [4.69, 9.17) is 21.3 Å². The van der Waals surface area contributed by atoms with E-state index < -0.39 is 0 Å². The van der Waals surface area contributed by atoms with Crippen LogP contribution < -0.4 is 15.5 Å². The predicted molar refractivity (Wildman–Crippen MR) is 128 cm³/mol. The Labute approximate surface area is 196 Å². The third kappa shape index (κ3) is 5.73. The maximum atomic E-state index is 12.3. The predicted octanol–water partition coefficient (Wildman–Crippen LogP) is 3.98. The number of carbonyl (C=O) groups excluding carboxylic acids is 1. The average molecular weight is 473 g/mol. The van der Waals surface area contributed by atoms with Crippen molar-refractivity contribution in [2.24, 2.45) is 5.92 Å². The second kappa shape index (κ2) is 10.7. The molecule has 0 atom stereocenters. The van der Waals surface area contributed by atoms with E-state index in [0.717, 1.165) is 41.6 Å². The van der Waals surface area contributed by atoms with Gasteiger partial charge in [0.05, 0.1) is 17.2 Å². The second-order valence-corrected chi connectivity index (χ2v) is 8.89. The number of nitrogens with zero attached hydrogens (tertiary/aromatic N) is 4. The third-order valence-electron chi connectivity index (χ3n) is 5.21. The molecule has 0 radical (unpaired) electrons. The molecule has 32 heavy (non-hydrogen) atoms. The van der Waals surface area contributed by atoms with E-state index in [-0.39, 0.29) is 11.8 Å². The van der Waals surface area contributed by atoms with Crippen LogP contribution in [0.1, 0.15) is 12.8 Å². The van der Waals surface area contributed by atoms with Crippen molar-refractivity contribution in [3.05, 3.63) is 47.7 Å². The van der Waals surface area contributed by atoms with E-state index in [2.05, 4.69) is 25.5 Å². The van der Waals surface area contributed by atoms with Gasteiger partial charge in [-0.25, -0.2) is 15.0 Å². The Balaban J connectivity index is 1.37. The van der Waals surface area contributed by atoms with Crippen LogP contribution in [0.5, 0.6) is 0 Å². The van der Waals surface area contributed by atoms with Crippen LogP contribution in [0, 0.1) is 5.92 Å². The Bertz CT molecular complexity index is 1050. The van der Waals surface area contributed by atoms with Crippen molar-refractivity contribution in [3.8, 4) is 10.6 Å². The number of rotatable bonds is 8. The Hall–Kier alpha value is -2.75. The minimum atomic E-state index is 0.0482. The summed E-state index contributed by atoms with van der Waals surface area (Å²) in [4.78, 5) is 29.0. The van der Waals surface area contributed by atoms with Crippen LogP contribution in [-0.2, 0) is 9.53 Å². The molecule has 0 aromatic carbocycles. The largest absolute Gasteiger partial charge is 0.383 e. The van der Waals surface area contributed by atoms with Crippen molar-refractivity contribution in [1.82, 2.24) is 20.3 Å². The third-order valence-corrected chi connectivity index (χ3v) is 6.53. The highest BCUT2D eigenvalue weighted by Gasteiger charge is 2.26. The lowest BCUT2D eigenvalue weighted by atomic mass is 9.96. The van der Waals surface area contributed by atoms with Gasteiger partial charge in [0.25, 0.3) is 0 Å². The summed E-state index contributed by atoms with van der Waals surface area (Å²) in [6, 6.07) is 9.28. The first-order chi connectivity index (χ1) is 15.6. The van der Waals surface area contributed by atoms with E-state index in [9.17, 15) is 4.79 Å². The van der Waals surface area contributed by atoms with Gasteiger partial charge in [-0.15, -0.1) is 0 Å². The van der Waals surface area contributed by atoms with Gasteiger partial charge in [0.2, 0.25) is 5.91 Å². The Kier molecular flexibility index (Phi) is 7.51. The maximum Gasteiger partial charge on any atom is 0.223 e. The first-order valence-corrected chi connectivity index (χ1v) is 11.7. The summed E-state index contributed by atoms with van der Waals surface area (Å²) in [6.07, 6.45) is 5.14. The molecule has 2 N–H and O–H groups in total. The van der Waals surface area contributed by atoms with Gasteiger partial charge >= 0.3 is 0 Å². The molecule has 0 saturated carbocycles. The molecular formula is C22H25ClN6O2S. The molecule has 8 nitrogen and oxygen atoms in total. The molecule has 4 heterocycles. The number of piperidine rings is 1. The van der Waals surface area contributed by atoms with Crippen LogP contribution in [-0.4, -0.2) is 54.2 Å². The summed E-state index contributed by atoms with van der Waals surface area (Å²) < 4.78 is 4.99. The summed E-state index contributed by atoms with van der Waals surface area (Å²) in [5, 5.41) is 7.68. The van der Waals surface area contributed by atoms with Crippen LogP contribution in [0.4, 0.5) is 16.8 Å². The van der Waals surface area contributed by atoms with Gasteiger partial charge in [0.1, 0.15) is 11.6 Å². The molecule has 0 aliphatic carbocycles. The standard InChI is InChI=1S/C22H25ClN6O2S/c1-31-12-9-25-21(30)15-6-10-29(11-7-15)22-26-14-18(32-22)17-3-2-4-19(27-17)28-20-13-16(23)5-8-24-20/h2-5,8,13-15H,6-7,9-12H2,1H3,(H,25,30)(H,24,27,28). The molecule has 1 fully saturated rings. The number of thiazole rings is 1. The zero-order valence-electron chi connectivity index (χ0n) is 17.8. The van der Waals surface area contributed by atoms with E-state index >= 15 is 0 Å². The highest BCUT2D eigenvalue weighted by Crippen LogP contribution is 2.33. The monoisotopic (exact) mass is 472 g/mol. The van der Waals surface area contributed by atoms with Crippen LogP contribution in [0.2, 0.25) is 5.02 Å². The van der Waals surface area contributed by atoms with Crippen molar-refractivity contribution in [1.29, 1.82) is 0 Å². The average Bonchev–Trinajstić information content (AvgIpc) is 3.30. The first-order valence-electron chi connectivity index (χ1n) is 10.5. The fourth-order valence-corrected chi connectivity index (χ4v) is 4.63. The van der Waals surface area contributed by atoms with E-state index in [0.29, 0.717) is 29.8 Å². The normalized spacial score (nSPS) is 14.4. The molecule has 0 bridgehead atoms. The zero-order valence-corrected chi connectivity index (χ0v) is 19.3. The van der Waals surface area contributed by atoms with Crippen molar-refractivity contribution >= 4 is 45.6 Å². The molecule has 1 amide bonds. The minimum Gasteiger partial charge on any atom is -0.383 e. The molecule has 1 saturated heterocycles. The Morgan fingerprint density at radius 1 is 1.25 bits per heavy atom. The topological polar surface area (TPSA) is 92.3 Å². The van der Waals surface area contributed by atoms with Gasteiger partial charge < -0.3 is 20.3 Å². The van der Waals surface area contributed by atoms with Gasteiger partial charge in [-0.2, -0.15) is 0 Å². The number of amides is 1. The second-order valence-electron chi connectivity index (χ2n) is 7.44. The highest BCUT2D eigenvalue weighted by atomic mass is 35.5. The van der Waals surface area contributed by atoms with Crippen molar-refractivity contribution in [3.63, 3.8) is 0 Å². The molecule has 4 rings (SSSR count). The van der Waals surface area contributed by atoms with Gasteiger partial charge in [-0.1, -0.05) is 29.0 Å². The number of hydrogen-bond donors (Lipinski definition) is 2. The number of anilines is 3. The van der Waals surface area contributed by atoms with E-state index in [1.807, 2.05) is 24.4 Å². The van der Waals surface area contributed by atoms with Crippen LogP contribution in [0.25, 0.3) is 10.6 Å². The SMILES string of the molecule is COCCNC(=O)C1CCN(c2ncc(-c3cccc(Nc4cc(Cl)ccn4)n3)s2)CC1. The highest BCUT2D eigenvalue weighted by molar-refractivity contribution is 7.18. The fourth-order valence-electron chi connectivity index (χ4n) is 3.53. The summed E-state index contributed by atoms with van der Waals surface area (Å²) in [7, 11) is 1.63. The maximum absolute atomic E-state index is 12.3. The smallest absolute Gasteiger partial charge is 0.223 e. The van der Waals surface area contributed by atoms with Gasteiger partial charge in [0.15, 0.2) is 5.13 Å². The molecule has 0 spiro atoms. The summed E-state index contributed by atoms with van der Waals surface area (Å²) in [5.41, 5.74) is 0.841. The zero-order chi connectivity index (χ0) is 22.3. The summed E-state index contributed by atoms with van der Waals surface area (Å²) in [6.45, 7) is 2.71. The fraction of sp³-hybridized carbons (Fsp3) is 0.364. The lowest BCUT2D eigenvalue weighted by Gasteiger charge is -2.31. The lowest BCUT2D eigenvalue weighted by Crippen LogP contribution is -2.41. The van der Waals surface area contributed by atoms with Crippen molar-refractivity contribution in [2.75, 3.05) is 43.6 Å². The molecule has 168 valence electrons. The van der Waals surface area contributed by atoms with E-state index in [1.54, 1.807) is 36.8 Å². The van der Waals surface area contributed by atoms with Gasteiger partial charge in [0, 0.05) is 50.1 Å². The van der Waals surface area contributed by atoms with Crippen molar-refractivity contribution < 1.29 is 9.53 Å². The minimum absolute atomic E-state index is 0.0482. The number of ether oxygens (including phenoxy) is 1. The molecule has 10 heteroatoms. The number of halogens is 1. The molecule has 3 aromatic rings. The van der Waals surface area contributed by atoms with E-state index in [1.165, 1.54) is 0 Å². The number of carbonyl (C=O) groups is 1.